The van der Waals surface area contributed by atoms with Crippen molar-refractivity contribution >= 4 is 0 Å². The van der Waals surface area contributed by atoms with Crippen LogP contribution in [0.5, 0.6) is 23.0 Å². The minimum absolute atomic E-state index is 0.00634. The van der Waals surface area contributed by atoms with Gasteiger partial charge >= 0.3 is 0 Å². The monoisotopic (exact) mass is 865 g/mol. The van der Waals surface area contributed by atoms with Gasteiger partial charge in [0.15, 0.2) is 11.5 Å². The highest BCUT2D eigenvalue weighted by molar-refractivity contribution is 5.66. The van der Waals surface area contributed by atoms with Gasteiger partial charge in [0.2, 0.25) is 11.5 Å². The van der Waals surface area contributed by atoms with Crippen LogP contribution in [0.1, 0.15) is 203 Å². The molecule has 0 aliphatic carbocycles. The lowest BCUT2D eigenvalue weighted by atomic mass is 9.99. The normalized spacial score (nSPS) is 14.2. The lowest BCUT2D eigenvalue weighted by Gasteiger charge is -2.17. The fourth-order valence-corrected chi connectivity index (χ4v) is 7.62. The average molecular weight is 865 g/mol. The fraction of sp³-hybridized carbons (Fsp3) is 0.559. The highest BCUT2D eigenvalue weighted by Gasteiger charge is 2.22. The highest BCUT2D eigenvalue weighted by atomic mass is 16.5. The summed E-state index contributed by atoms with van der Waals surface area (Å²) in [5.74, 6) is 0.356. The second kappa shape index (κ2) is 33.3. The molecule has 0 radical (unpaired) electrons. The molecule has 1 rings (SSSR count). The molecule has 0 fully saturated rings. The Morgan fingerprint density at radius 3 is 0.810 bits per heavy atom. The van der Waals surface area contributed by atoms with Gasteiger partial charge in [0.25, 0.3) is 0 Å². The molecule has 4 nitrogen and oxygen atoms in total. The van der Waals surface area contributed by atoms with Crippen LogP contribution in [0.4, 0.5) is 0 Å². The number of hydrogen-bond acceptors (Lipinski definition) is 4. The summed E-state index contributed by atoms with van der Waals surface area (Å²) in [5.41, 5.74) is 15.9. The van der Waals surface area contributed by atoms with Gasteiger partial charge in [-0.3, -0.25) is 0 Å². The van der Waals surface area contributed by atoms with Crippen LogP contribution >= 0.6 is 0 Å². The Kier molecular flexibility index (Phi) is 30.1. The maximum atomic E-state index is 10.7. The molecule has 0 aromatic heterocycles. The Morgan fingerprint density at radius 1 is 0.349 bits per heavy atom. The van der Waals surface area contributed by atoms with Crippen molar-refractivity contribution in [2.75, 3.05) is 14.2 Å². The van der Waals surface area contributed by atoms with Crippen LogP contribution in [0, 0.1) is 6.92 Å². The number of methoxy groups -OCH3 is 2. The predicted molar refractivity (Wildman–Crippen MR) is 278 cm³/mol. The molecule has 0 saturated heterocycles. The molecular formula is C59H92O4. The zero-order valence-corrected chi connectivity index (χ0v) is 42.9. The summed E-state index contributed by atoms with van der Waals surface area (Å²) < 4.78 is 10.5. The van der Waals surface area contributed by atoms with E-state index in [9.17, 15) is 10.2 Å². The molecule has 4 heteroatoms. The molecular weight excluding hydrogens is 773 g/mol. The van der Waals surface area contributed by atoms with Crippen molar-refractivity contribution in [1.82, 2.24) is 0 Å². The van der Waals surface area contributed by atoms with Gasteiger partial charge in [-0.05, 0) is 205 Å². The van der Waals surface area contributed by atoms with E-state index < -0.39 is 0 Å². The second-order valence-corrected chi connectivity index (χ2v) is 18.7. The SMILES string of the molecule is COc1c(O)c(C)c(C/C=C(/C)CC/C=C(\C)CC/C=C(/C)CC/C=C(\C)CC/C=C(/C)CC/C=C(\C)CC/C=C(\C)CC/C=C(\C)CC/C=C(\C)CCC=C(C)C)c(O)c1OC. The maximum Gasteiger partial charge on any atom is 0.207 e. The van der Waals surface area contributed by atoms with Crippen molar-refractivity contribution in [3.63, 3.8) is 0 Å². The molecule has 0 heterocycles. The molecule has 1 aromatic rings. The van der Waals surface area contributed by atoms with E-state index in [1.165, 1.54) is 89.2 Å². The zero-order valence-electron chi connectivity index (χ0n) is 42.9. The first-order valence-electron chi connectivity index (χ1n) is 24.2. The molecule has 2 N–H and O–H groups in total. The molecule has 63 heavy (non-hydrogen) atoms. The van der Waals surface area contributed by atoms with Crippen molar-refractivity contribution in [3.05, 3.63) is 128 Å². The van der Waals surface area contributed by atoms with E-state index in [-0.39, 0.29) is 23.0 Å². The Balaban J connectivity index is 2.32. The average Bonchev–Trinajstić information content (AvgIpc) is 3.21. The third-order valence-corrected chi connectivity index (χ3v) is 12.1. The highest BCUT2D eigenvalue weighted by Crippen LogP contribution is 2.48. The molecule has 0 spiro atoms. The molecule has 0 bridgehead atoms. The predicted octanol–water partition coefficient (Wildman–Crippen LogP) is 18.5. The van der Waals surface area contributed by atoms with E-state index >= 15 is 0 Å². The molecule has 0 atom stereocenters. The van der Waals surface area contributed by atoms with E-state index in [0.29, 0.717) is 17.5 Å². The van der Waals surface area contributed by atoms with Crippen LogP contribution in [0.25, 0.3) is 0 Å². The number of rotatable bonds is 31. The molecule has 0 unspecified atom stereocenters. The molecule has 352 valence electrons. The number of allylic oxidation sites excluding steroid dienone is 20. The van der Waals surface area contributed by atoms with Crippen LogP contribution in [-0.4, -0.2) is 24.4 Å². The second-order valence-electron chi connectivity index (χ2n) is 18.7. The zero-order chi connectivity index (χ0) is 47.2. The van der Waals surface area contributed by atoms with E-state index in [1.54, 1.807) is 6.92 Å². The van der Waals surface area contributed by atoms with Gasteiger partial charge in [-0.1, -0.05) is 116 Å². The summed E-state index contributed by atoms with van der Waals surface area (Å²) in [7, 11) is 2.91. The van der Waals surface area contributed by atoms with Crippen LogP contribution in [0.2, 0.25) is 0 Å². The molecule has 0 aliphatic heterocycles. The first-order valence-corrected chi connectivity index (χ1v) is 24.2. The molecule has 1 aromatic carbocycles. The van der Waals surface area contributed by atoms with Gasteiger partial charge in [-0.15, -0.1) is 0 Å². The third kappa shape index (κ3) is 26.3. The van der Waals surface area contributed by atoms with Crippen LogP contribution in [-0.2, 0) is 6.42 Å². The van der Waals surface area contributed by atoms with E-state index in [0.717, 1.165) is 96.3 Å². The number of aromatic hydroxyl groups is 2. The number of benzene rings is 1. The van der Waals surface area contributed by atoms with Gasteiger partial charge in [-0.25, -0.2) is 0 Å². The third-order valence-electron chi connectivity index (χ3n) is 12.1. The van der Waals surface area contributed by atoms with E-state index in [2.05, 4.69) is 137 Å². The maximum absolute atomic E-state index is 10.7. The van der Waals surface area contributed by atoms with Gasteiger partial charge in [0.1, 0.15) is 0 Å². The molecule has 0 aliphatic rings. The van der Waals surface area contributed by atoms with Crippen molar-refractivity contribution < 1.29 is 19.7 Å². The van der Waals surface area contributed by atoms with Crippen LogP contribution in [0.3, 0.4) is 0 Å². The largest absolute Gasteiger partial charge is 0.504 e. The quantitative estimate of drug-likeness (QED) is 0.0577. The van der Waals surface area contributed by atoms with E-state index in [1.807, 2.05) is 0 Å². The van der Waals surface area contributed by atoms with Crippen molar-refractivity contribution in [3.8, 4) is 23.0 Å². The summed E-state index contributed by atoms with van der Waals surface area (Å²) in [5, 5.41) is 21.3. The first-order chi connectivity index (χ1) is 30.0. The minimum Gasteiger partial charge on any atom is -0.504 e. The smallest absolute Gasteiger partial charge is 0.207 e. The van der Waals surface area contributed by atoms with Gasteiger partial charge < -0.3 is 19.7 Å². The summed E-state index contributed by atoms with van der Waals surface area (Å²) in [6.07, 6.45) is 44.6. The molecule has 0 amide bonds. The van der Waals surface area contributed by atoms with Gasteiger partial charge in [0.05, 0.1) is 14.2 Å². The van der Waals surface area contributed by atoms with Gasteiger partial charge in [0, 0.05) is 11.1 Å². The summed E-state index contributed by atoms with van der Waals surface area (Å²) in [4.78, 5) is 0. The summed E-state index contributed by atoms with van der Waals surface area (Å²) >= 11 is 0. The Labute approximate surface area is 388 Å². The van der Waals surface area contributed by atoms with Gasteiger partial charge in [-0.2, -0.15) is 0 Å². The van der Waals surface area contributed by atoms with Crippen molar-refractivity contribution in [1.29, 1.82) is 0 Å². The number of ether oxygens (including phenoxy) is 2. The lowest BCUT2D eigenvalue weighted by Crippen LogP contribution is -1.98. The number of hydrogen-bond donors (Lipinski definition) is 2. The molecule has 0 saturated carbocycles. The van der Waals surface area contributed by atoms with Crippen molar-refractivity contribution in [2.45, 2.75) is 205 Å². The van der Waals surface area contributed by atoms with Crippen LogP contribution < -0.4 is 9.47 Å². The van der Waals surface area contributed by atoms with Crippen molar-refractivity contribution in [2.24, 2.45) is 0 Å². The number of phenols is 2. The summed E-state index contributed by atoms with van der Waals surface area (Å²) in [6.45, 7) is 26.5. The number of phenolic OH excluding ortho intramolecular Hbond substituents is 2. The Bertz CT molecular complexity index is 1840. The Hall–Kier alpha value is -4.18. The minimum atomic E-state index is 0.00634. The lowest BCUT2D eigenvalue weighted by molar-refractivity contribution is 0.314. The standard InChI is InChI=1S/C59H92O4/c1-44(2)24-15-25-45(3)26-16-27-46(4)28-17-29-47(5)30-18-31-48(6)32-19-33-49(7)34-20-35-50(8)36-21-37-51(9)38-22-39-52(10)40-23-41-53(11)42-43-55-54(12)56(60)58(62-13)59(63-14)57(55)61/h24,26,28,30,32,34,36,38,40,42,60-61H,15-23,25,27,29,31,33,35,37,39,41,43H2,1-14H3/b45-26+,46-28+,47-30+,48-32+,49-34-,50-36+,51-38-,52-40+,53-42-. The van der Waals surface area contributed by atoms with Crippen LogP contribution in [0.15, 0.2) is 116 Å². The van der Waals surface area contributed by atoms with E-state index in [4.69, 9.17) is 9.47 Å². The topological polar surface area (TPSA) is 58.9 Å². The summed E-state index contributed by atoms with van der Waals surface area (Å²) in [6, 6.07) is 0. The fourth-order valence-electron chi connectivity index (χ4n) is 7.62. The first kappa shape index (κ1) is 56.8. The Morgan fingerprint density at radius 2 is 0.571 bits per heavy atom.